The van der Waals surface area contributed by atoms with Crippen LogP contribution < -0.4 is 10.2 Å². The maximum atomic E-state index is 12.6. The van der Waals surface area contributed by atoms with Crippen molar-refractivity contribution in [3.05, 3.63) is 46.7 Å². The molecule has 1 aliphatic carbocycles. The molecule has 1 atom stereocenters. The van der Waals surface area contributed by atoms with E-state index in [-0.39, 0.29) is 11.8 Å². The Morgan fingerprint density at radius 3 is 2.80 bits per heavy atom. The summed E-state index contributed by atoms with van der Waals surface area (Å²) in [6.07, 6.45) is 4.14. The van der Waals surface area contributed by atoms with E-state index in [1.54, 1.807) is 6.07 Å². The van der Waals surface area contributed by atoms with Crippen molar-refractivity contribution in [1.82, 2.24) is 9.97 Å². The summed E-state index contributed by atoms with van der Waals surface area (Å²) in [6.45, 7) is 5.97. The van der Waals surface area contributed by atoms with Crippen molar-refractivity contribution in [2.45, 2.75) is 33.1 Å². The minimum atomic E-state index is -0.0772. The molecule has 2 aromatic rings. The fourth-order valence-corrected chi connectivity index (χ4v) is 3.36. The van der Waals surface area contributed by atoms with Gasteiger partial charge in [0.15, 0.2) is 0 Å². The molecule has 3 rings (SSSR count). The van der Waals surface area contributed by atoms with Crippen molar-refractivity contribution < 1.29 is 4.79 Å². The number of amides is 1. The van der Waals surface area contributed by atoms with E-state index in [0.29, 0.717) is 17.1 Å². The van der Waals surface area contributed by atoms with Crippen LogP contribution in [0.2, 0.25) is 5.02 Å². The minimum Gasteiger partial charge on any atom is -0.341 e. The number of rotatable bonds is 5. The first-order chi connectivity index (χ1) is 12.1. The van der Waals surface area contributed by atoms with E-state index in [1.165, 1.54) is 0 Å². The average molecular weight is 359 g/mol. The van der Waals surface area contributed by atoms with E-state index in [2.05, 4.69) is 29.0 Å². The zero-order valence-electron chi connectivity index (χ0n) is 14.6. The highest BCUT2D eigenvalue weighted by atomic mass is 35.5. The van der Waals surface area contributed by atoms with Gasteiger partial charge in [-0.1, -0.05) is 23.7 Å². The standard InChI is InChI=1S/C19H23ClN4O/c1-3-24(4-2)19-21-12-14-11-13(9-10-16(14)23-19)18(25)22-17-8-6-5-7-15(17)20/h5-8,12-13H,3-4,9-11H2,1-2H3,(H,22,25)/t13-/m1/s1. The molecule has 0 fully saturated rings. The van der Waals surface area contributed by atoms with Crippen LogP contribution in [-0.4, -0.2) is 29.0 Å². The van der Waals surface area contributed by atoms with Gasteiger partial charge in [0, 0.05) is 30.9 Å². The molecule has 0 bridgehead atoms. The molecular weight excluding hydrogens is 336 g/mol. The Kier molecular flexibility index (Phi) is 5.53. The zero-order valence-corrected chi connectivity index (χ0v) is 15.4. The van der Waals surface area contributed by atoms with Gasteiger partial charge in [0.1, 0.15) is 0 Å². The van der Waals surface area contributed by atoms with Crippen molar-refractivity contribution in [2.24, 2.45) is 5.92 Å². The average Bonchev–Trinajstić information content (AvgIpc) is 2.64. The molecule has 1 aliphatic rings. The quantitative estimate of drug-likeness (QED) is 0.885. The predicted molar refractivity (Wildman–Crippen MR) is 101 cm³/mol. The first-order valence-corrected chi connectivity index (χ1v) is 9.15. The van der Waals surface area contributed by atoms with Crippen LogP contribution in [0.25, 0.3) is 0 Å². The van der Waals surface area contributed by atoms with Gasteiger partial charge in [-0.05, 0) is 50.8 Å². The van der Waals surface area contributed by atoms with E-state index in [4.69, 9.17) is 16.6 Å². The molecule has 6 heteroatoms. The molecule has 0 saturated carbocycles. The molecule has 1 N–H and O–H groups in total. The van der Waals surface area contributed by atoms with Crippen LogP contribution >= 0.6 is 11.6 Å². The van der Waals surface area contributed by atoms with Crippen LogP contribution in [0.1, 0.15) is 31.5 Å². The van der Waals surface area contributed by atoms with Gasteiger partial charge in [-0.15, -0.1) is 0 Å². The number of nitrogens with one attached hydrogen (secondary N) is 1. The molecule has 132 valence electrons. The topological polar surface area (TPSA) is 58.1 Å². The summed E-state index contributed by atoms with van der Waals surface area (Å²) >= 11 is 6.12. The molecule has 0 saturated heterocycles. The van der Waals surface area contributed by atoms with Crippen molar-refractivity contribution in [3.63, 3.8) is 0 Å². The Morgan fingerprint density at radius 1 is 1.32 bits per heavy atom. The normalized spacial score (nSPS) is 16.2. The smallest absolute Gasteiger partial charge is 0.227 e. The lowest BCUT2D eigenvalue weighted by molar-refractivity contribution is -0.120. The minimum absolute atomic E-state index is 0.00608. The van der Waals surface area contributed by atoms with Crippen LogP contribution in [-0.2, 0) is 17.6 Å². The van der Waals surface area contributed by atoms with Crippen LogP contribution in [0.4, 0.5) is 11.6 Å². The van der Waals surface area contributed by atoms with Gasteiger partial charge < -0.3 is 10.2 Å². The van der Waals surface area contributed by atoms with Crippen LogP contribution in [0.3, 0.4) is 0 Å². The first-order valence-electron chi connectivity index (χ1n) is 8.77. The van der Waals surface area contributed by atoms with E-state index in [9.17, 15) is 4.79 Å². The van der Waals surface area contributed by atoms with Crippen molar-refractivity contribution in [2.75, 3.05) is 23.3 Å². The van der Waals surface area contributed by atoms with Gasteiger partial charge in [0.2, 0.25) is 11.9 Å². The summed E-state index contributed by atoms with van der Waals surface area (Å²) < 4.78 is 0. The van der Waals surface area contributed by atoms with Gasteiger partial charge >= 0.3 is 0 Å². The van der Waals surface area contributed by atoms with Gasteiger partial charge in [-0.3, -0.25) is 4.79 Å². The summed E-state index contributed by atoms with van der Waals surface area (Å²) in [7, 11) is 0. The highest BCUT2D eigenvalue weighted by molar-refractivity contribution is 6.33. The van der Waals surface area contributed by atoms with Gasteiger partial charge in [-0.25, -0.2) is 9.97 Å². The fourth-order valence-electron chi connectivity index (χ4n) is 3.18. The van der Waals surface area contributed by atoms with E-state index in [1.807, 2.05) is 24.4 Å². The molecule has 0 aliphatic heterocycles. The third-order valence-corrected chi connectivity index (χ3v) is 5.02. The number of para-hydroxylation sites is 1. The van der Waals surface area contributed by atoms with Crippen molar-refractivity contribution in [3.8, 4) is 0 Å². The van der Waals surface area contributed by atoms with Crippen LogP contribution in [0.15, 0.2) is 30.5 Å². The Balaban J connectivity index is 1.71. The molecular formula is C19H23ClN4O. The summed E-state index contributed by atoms with van der Waals surface area (Å²) in [6, 6.07) is 7.30. The van der Waals surface area contributed by atoms with Crippen LogP contribution in [0, 0.1) is 5.92 Å². The number of hydrogen-bond acceptors (Lipinski definition) is 4. The number of nitrogens with zero attached hydrogens (tertiary/aromatic N) is 3. The van der Waals surface area contributed by atoms with E-state index in [0.717, 1.165) is 43.1 Å². The number of halogens is 1. The number of fused-ring (bicyclic) bond motifs is 1. The monoisotopic (exact) mass is 358 g/mol. The summed E-state index contributed by atoms with van der Waals surface area (Å²) in [5, 5.41) is 3.49. The second-order valence-electron chi connectivity index (χ2n) is 6.22. The van der Waals surface area contributed by atoms with Crippen LogP contribution in [0.5, 0.6) is 0 Å². The molecule has 1 amide bonds. The second-order valence-corrected chi connectivity index (χ2v) is 6.63. The van der Waals surface area contributed by atoms with Crippen molar-refractivity contribution >= 4 is 29.1 Å². The summed E-state index contributed by atoms with van der Waals surface area (Å²) in [4.78, 5) is 23.9. The van der Waals surface area contributed by atoms with E-state index < -0.39 is 0 Å². The zero-order chi connectivity index (χ0) is 17.8. The highest BCUT2D eigenvalue weighted by Crippen LogP contribution is 2.27. The fraction of sp³-hybridized carbons (Fsp3) is 0.421. The third-order valence-electron chi connectivity index (χ3n) is 4.69. The molecule has 1 heterocycles. The molecule has 0 spiro atoms. The third kappa shape index (κ3) is 3.93. The van der Waals surface area contributed by atoms with Gasteiger partial charge in [0.05, 0.1) is 10.7 Å². The molecule has 1 aromatic carbocycles. The number of benzene rings is 1. The predicted octanol–water partition coefficient (Wildman–Crippen LogP) is 3.72. The number of aryl methyl sites for hydroxylation is 1. The second kappa shape index (κ2) is 7.83. The lowest BCUT2D eigenvalue weighted by atomic mass is 9.86. The maximum absolute atomic E-state index is 12.6. The number of carbonyl (C=O) groups is 1. The Bertz CT molecular complexity index is 761. The van der Waals surface area contributed by atoms with Gasteiger partial charge in [0.25, 0.3) is 0 Å². The molecule has 0 unspecified atom stereocenters. The maximum Gasteiger partial charge on any atom is 0.227 e. The number of hydrogen-bond donors (Lipinski definition) is 1. The lowest BCUT2D eigenvalue weighted by Crippen LogP contribution is -2.30. The Morgan fingerprint density at radius 2 is 2.08 bits per heavy atom. The van der Waals surface area contributed by atoms with Gasteiger partial charge in [-0.2, -0.15) is 0 Å². The SMILES string of the molecule is CCN(CC)c1ncc2c(n1)CC[C@@H](C(=O)Nc1ccccc1Cl)C2. The van der Waals surface area contributed by atoms with Crippen molar-refractivity contribution in [1.29, 1.82) is 0 Å². The number of aromatic nitrogens is 2. The Hall–Kier alpha value is -2.14. The Labute approximate surface area is 153 Å². The summed E-state index contributed by atoms with van der Waals surface area (Å²) in [5.74, 6) is 0.709. The van der Waals surface area contributed by atoms with E-state index >= 15 is 0 Å². The number of carbonyl (C=O) groups excluding carboxylic acids is 1. The molecule has 5 nitrogen and oxygen atoms in total. The number of anilines is 2. The first kappa shape index (κ1) is 17.7. The largest absolute Gasteiger partial charge is 0.341 e. The molecule has 1 aromatic heterocycles. The molecule has 25 heavy (non-hydrogen) atoms. The molecule has 0 radical (unpaired) electrons. The lowest BCUT2D eigenvalue weighted by Gasteiger charge is -2.25. The summed E-state index contributed by atoms with van der Waals surface area (Å²) in [5.41, 5.74) is 2.80. The highest BCUT2D eigenvalue weighted by Gasteiger charge is 2.26.